The van der Waals surface area contributed by atoms with Gasteiger partial charge in [-0.05, 0) is 32.3 Å². The number of nitro groups is 1. The molecule has 1 atom stereocenters. The Kier molecular flexibility index (Phi) is 4.75. The van der Waals surface area contributed by atoms with Crippen LogP contribution in [0.15, 0.2) is 18.2 Å². The number of nitrogens with zero attached hydrogens (tertiary/aromatic N) is 2. The van der Waals surface area contributed by atoms with E-state index >= 15 is 0 Å². The molecule has 1 aliphatic heterocycles. The van der Waals surface area contributed by atoms with E-state index in [4.69, 9.17) is 0 Å². The molecule has 1 aliphatic rings. The number of nitro benzene ring substituents is 1. The van der Waals surface area contributed by atoms with Crippen LogP contribution in [-0.4, -0.2) is 41.4 Å². The topological polar surface area (TPSA) is 89.8 Å². The van der Waals surface area contributed by atoms with Crippen molar-refractivity contribution in [1.29, 1.82) is 0 Å². The average molecular weight is 306 g/mol. The molecule has 0 aliphatic carbocycles. The normalized spacial score (nSPS) is 17.9. The number of carbonyl (C=O) groups is 2. The first-order valence-corrected chi connectivity index (χ1v) is 7.13. The average Bonchev–Trinajstić information content (AvgIpc) is 2.53. The molecular weight excluding hydrogens is 288 g/mol. The Labute approximate surface area is 128 Å². The molecule has 7 heteroatoms. The first kappa shape index (κ1) is 15.9. The molecule has 1 saturated heterocycles. The lowest BCUT2D eigenvalue weighted by atomic mass is 10.0. The molecular formula is C15H18N2O5. The Morgan fingerprint density at radius 2 is 1.95 bits per heavy atom. The predicted molar refractivity (Wildman–Crippen MR) is 78.8 cm³/mol. The summed E-state index contributed by atoms with van der Waals surface area (Å²) in [6.07, 6.45) is 2.88. The van der Waals surface area contributed by atoms with Crippen molar-refractivity contribution in [1.82, 2.24) is 4.90 Å². The van der Waals surface area contributed by atoms with Crippen LogP contribution in [0.2, 0.25) is 0 Å². The van der Waals surface area contributed by atoms with Crippen molar-refractivity contribution in [3.63, 3.8) is 0 Å². The van der Waals surface area contributed by atoms with Crippen LogP contribution < -0.4 is 0 Å². The highest BCUT2D eigenvalue weighted by Gasteiger charge is 2.26. The van der Waals surface area contributed by atoms with Crippen LogP contribution >= 0.6 is 0 Å². The minimum Gasteiger partial charge on any atom is -0.465 e. The third kappa shape index (κ3) is 3.24. The van der Waals surface area contributed by atoms with E-state index in [1.165, 1.54) is 19.2 Å². The maximum absolute atomic E-state index is 12.6. The number of ether oxygens (including phenoxy) is 1. The monoisotopic (exact) mass is 306 g/mol. The Bertz CT molecular complexity index is 614. The number of piperidine rings is 1. The molecule has 0 aromatic heterocycles. The fourth-order valence-electron chi connectivity index (χ4n) is 2.64. The van der Waals surface area contributed by atoms with Crippen LogP contribution in [0.4, 0.5) is 5.69 Å². The largest absolute Gasteiger partial charge is 0.465 e. The zero-order valence-corrected chi connectivity index (χ0v) is 12.6. The van der Waals surface area contributed by atoms with Gasteiger partial charge in [0.1, 0.15) is 0 Å². The van der Waals surface area contributed by atoms with Gasteiger partial charge in [0.15, 0.2) is 0 Å². The maximum Gasteiger partial charge on any atom is 0.338 e. The summed E-state index contributed by atoms with van der Waals surface area (Å²) in [4.78, 5) is 36.3. The van der Waals surface area contributed by atoms with Crippen molar-refractivity contribution in [3.8, 4) is 0 Å². The quantitative estimate of drug-likeness (QED) is 0.486. The molecule has 1 amide bonds. The van der Waals surface area contributed by atoms with E-state index in [0.29, 0.717) is 6.54 Å². The van der Waals surface area contributed by atoms with E-state index in [1.54, 1.807) is 4.90 Å². The van der Waals surface area contributed by atoms with Gasteiger partial charge in [-0.15, -0.1) is 0 Å². The third-order valence-electron chi connectivity index (χ3n) is 3.86. The summed E-state index contributed by atoms with van der Waals surface area (Å²) in [5, 5.41) is 11.0. The summed E-state index contributed by atoms with van der Waals surface area (Å²) in [5.41, 5.74) is -0.149. The molecule has 1 heterocycles. The highest BCUT2D eigenvalue weighted by Crippen LogP contribution is 2.23. The van der Waals surface area contributed by atoms with Gasteiger partial charge in [0.25, 0.3) is 11.6 Å². The highest BCUT2D eigenvalue weighted by molar-refractivity contribution is 5.99. The molecule has 1 aromatic carbocycles. The number of non-ortho nitro benzene ring substituents is 1. The van der Waals surface area contributed by atoms with Crippen LogP contribution in [0.1, 0.15) is 46.9 Å². The number of rotatable bonds is 3. The molecule has 0 bridgehead atoms. The number of likely N-dealkylation sites (tertiary alicyclic amines) is 1. The first-order chi connectivity index (χ1) is 10.4. The minimum absolute atomic E-state index is 0.00436. The molecule has 0 N–H and O–H groups in total. The molecule has 1 fully saturated rings. The fraction of sp³-hybridized carbons (Fsp3) is 0.467. The van der Waals surface area contributed by atoms with E-state index in [0.717, 1.165) is 25.3 Å². The van der Waals surface area contributed by atoms with Crippen molar-refractivity contribution in [2.24, 2.45) is 0 Å². The van der Waals surface area contributed by atoms with Crippen LogP contribution in [0.25, 0.3) is 0 Å². The molecule has 0 saturated carbocycles. The van der Waals surface area contributed by atoms with Crippen LogP contribution in [0.5, 0.6) is 0 Å². The number of amides is 1. The molecule has 118 valence electrons. The minimum atomic E-state index is -0.704. The first-order valence-electron chi connectivity index (χ1n) is 7.13. The smallest absolute Gasteiger partial charge is 0.338 e. The van der Waals surface area contributed by atoms with Gasteiger partial charge >= 0.3 is 5.97 Å². The summed E-state index contributed by atoms with van der Waals surface area (Å²) in [7, 11) is 1.19. The second kappa shape index (κ2) is 6.55. The van der Waals surface area contributed by atoms with E-state index in [-0.39, 0.29) is 28.8 Å². The van der Waals surface area contributed by atoms with Crippen molar-refractivity contribution < 1.29 is 19.2 Å². The lowest BCUT2D eigenvalue weighted by molar-refractivity contribution is -0.384. The van der Waals surface area contributed by atoms with Gasteiger partial charge in [-0.25, -0.2) is 4.79 Å². The molecule has 2 rings (SSSR count). The molecule has 1 aromatic rings. The number of methoxy groups -OCH3 is 1. The van der Waals surface area contributed by atoms with Gasteiger partial charge < -0.3 is 9.64 Å². The number of benzene rings is 1. The van der Waals surface area contributed by atoms with Crippen molar-refractivity contribution in [3.05, 3.63) is 39.4 Å². The van der Waals surface area contributed by atoms with E-state index in [1.807, 2.05) is 6.92 Å². The SMILES string of the molecule is COC(=O)c1cc(C(=O)N2CCCC[C@@H]2C)cc([N+](=O)[O-])c1. The van der Waals surface area contributed by atoms with Gasteiger partial charge in [-0.1, -0.05) is 0 Å². The summed E-state index contributed by atoms with van der Waals surface area (Å²) >= 11 is 0. The van der Waals surface area contributed by atoms with Crippen molar-refractivity contribution >= 4 is 17.6 Å². The number of hydrogen-bond donors (Lipinski definition) is 0. The number of carbonyl (C=O) groups excluding carboxylic acids is 2. The summed E-state index contributed by atoms with van der Waals surface area (Å²) in [5.74, 6) is -0.995. The van der Waals surface area contributed by atoms with Crippen LogP contribution in [0, 0.1) is 10.1 Å². The number of hydrogen-bond acceptors (Lipinski definition) is 5. The lowest BCUT2D eigenvalue weighted by Gasteiger charge is -2.33. The van der Waals surface area contributed by atoms with E-state index in [2.05, 4.69) is 4.74 Å². The predicted octanol–water partition coefficient (Wildman–Crippen LogP) is 2.40. The molecule has 0 unspecified atom stereocenters. The van der Waals surface area contributed by atoms with Gasteiger partial charge in [-0.2, -0.15) is 0 Å². The molecule has 22 heavy (non-hydrogen) atoms. The zero-order chi connectivity index (χ0) is 16.3. The lowest BCUT2D eigenvalue weighted by Crippen LogP contribution is -2.42. The third-order valence-corrected chi connectivity index (χ3v) is 3.86. The molecule has 7 nitrogen and oxygen atoms in total. The number of esters is 1. The summed E-state index contributed by atoms with van der Waals surface area (Å²) in [6.45, 7) is 2.58. The molecule has 0 spiro atoms. The van der Waals surface area contributed by atoms with E-state index < -0.39 is 10.9 Å². The van der Waals surface area contributed by atoms with Crippen molar-refractivity contribution in [2.75, 3.05) is 13.7 Å². The molecule has 0 radical (unpaired) electrons. The second-order valence-corrected chi connectivity index (χ2v) is 5.36. The van der Waals surface area contributed by atoms with Gasteiger partial charge in [-0.3, -0.25) is 14.9 Å². The summed E-state index contributed by atoms with van der Waals surface area (Å²) in [6, 6.07) is 3.75. The highest BCUT2D eigenvalue weighted by atomic mass is 16.6. The Morgan fingerprint density at radius 3 is 2.55 bits per heavy atom. The van der Waals surface area contributed by atoms with Gasteiger partial charge in [0.2, 0.25) is 0 Å². The van der Waals surface area contributed by atoms with Crippen LogP contribution in [-0.2, 0) is 4.74 Å². The van der Waals surface area contributed by atoms with Crippen molar-refractivity contribution in [2.45, 2.75) is 32.2 Å². The fourth-order valence-corrected chi connectivity index (χ4v) is 2.64. The Morgan fingerprint density at radius 1 is 1.27 bits per heavy atom. The Hall–Kier alpha value is -2.44. The maximum atomic E-state index is 12.6. The van der Waals surface area contributed by atoms with Gasteiger partial charge in [0, 0.05) is 30.3 Å². The summed E-state index contributed by atoms with van der Waals surface area (Å²) < 4.78 is 4.59. The van der Waals surface area contributed by atoms with Gasteiger partial charge in [0.05, 0.1) is 17.6 Å². The second-order valence-electron chi connectivity index (χ2n) is 5.36. The van der Waals surface area contributed by atoms with Crippen LogP contribution in [0.3, 0.4) is 0 Å². The zero-order valence-electron chi connectivity index (χ0n) is 12.6. The van der Waals surface area contributed by atoms with E-state index in [9.17, 15) is 19.7 Å². The standard InChI is InChI=1S/C15H18N2O5/c1-10-5-3-4-6-16(10)14(18)11-7-12(15(19)22-2)9-13(8-11)17(20)21/h7-10H,3-6H2,1-2H3/t10-/m0/s1. The Balaban J connectivity index is 2.40.